The number of anilines is 1. The number of nitrogens with zero attached hydrogens (tertiary/aromatic N) is 2. The number of rotatable bonds is 7. The minimum absolute atomic E-state index is 0.0398. The Labute approximate surface area is 194 Å². The maximum atomic E-state index is 13.5. The number of benzene rings is 2. The number of aliphatic hydroxyl groups is 1. The molecule has 0 aliphatic carbocycles. The fourth-order valence-electron chi connectivity index (χ4n) is 4.52. The number of halogens is 1. The van der Waals surface area contributed by atoms with Crippen LogP contribution in [0.25, 0.3) is 10.9 Å². The lowest BCUT2D eigenvalue weighted by Gasteiger charge is -2.34. The van der Waals surface area contributed by atoms with E-state index in [0.29, 0.717) is 25.2 Å². The van der Waals surface area contributed by atoms with E-state index in [1.807, 2.05) is 30.9 Å². The van der Waals surface area contributed by atoms with E-state index in [-0.39, 0.29) is 18.3 Å². The zero-order valence-corrected chi connectivity index (χ0v) is 19.7. The number of aromatic amines is 1. The number of aryl methyl sites for hydroxylation is 3. The van der Waals surface area contributed by atoms with E-state index in [1.54, 1.807) is 6.07 Å². The van der Waals surface area contributed by atoms with Crippen molar-refractivity contribution in [2.45, 2.75) is 33.7 Å². The van der Waals surface area contributed by atoms with Crippen molar-refractivity contribution in [1.82, 2.24) is 14.8 Å². The molecule has 0 bridgehead atoms. The van der Waals surface area contributed by atoms with Crippen LogP contribution in [0.1, 0.15) is 39.2 Å². The van der Waals surface area contributed by atoms with Gasteiger partial charge in [0.05, 0.1) is 11.2 Å². The van der Waals surface area contributed by atoms with Gasteiger partial charge in [-0.25, -0.2) is 4.39 Å². The number of aromatic nitrogens is 1. The molecule has 0 radical (unpaired) electrons. The summed E-state index contributed by atoms with van der Waals surface area (Å²) in [5.74, 6) is -0.198. The lowest BCUT2D eigenvalue weighted by atomic mass is 10.0. The molecule has 3 aromatic rings. The van der Waals surface area contributed by atoms with Crippen LogP contribution in [0.4, 0.5) is 10.1 Å². The fraction of sp³-hybridized carbons (Fsp3) is 0.423. The second-order valence-corrected chi connectivity index (χ2v) is 8.96. The number of carbonyl (C=O) groups excluding carboxylic acids is 1. The van der Waals surface area contributed by atoms with Crippen molar-refractivity contribution < 1.29 is 14.3 Å². The van der Waals surface area contributed by atoms with Crippen LogP contribution in [0.3, 0.4) is 0 Å². The minimum Gasteiger partial charge on any atom is -0.396 e. The Morgan fingerprint density at radius 1 is 1.12 bits per heavy atom. The van der Waals surface area contributed by atoms with Crippen molar-refractivity contribution in [3.8, 4) is 0 Å². The van der Waals surface area contributed by atoms with Gasteiger partial charge in [-0.3, -0.25) is 9.69 Å². The molecule has 1 fully saturated rings. The second kappa shape index (κ2) is 9.93. The van der Waals surface area contributed by atoms with Crippen LogP contribution in [0, 0.1) is 26.6 Å². The van der Waals surface area contributed by atoms with E-state index in [9.17, 15) is 9.18 Å². The Hall–Kier alpha value is -2.90. The highest BCUT2D eigenvalue weighted by atomic mass is 19.1. The van der Waals surface area contributed by atoms with Crippen LogP contribution in [0.2, 0.25) is 0 Å². The van der Waals surface area contributed by atoms with Crippen LogP contribution in [-0.2, 0) is 6.54 Å². The molecule has 6 nitrogen and oxygen atoms in total. The number of nitrogens with one attached hydrogen (secondary N) is 2. The predicted octanol–water partition coefficient (Wildman–Crippen LogP) is 3.98. The summed E-state index contributed by atoms with van der Waals surface area (Å²) in [6, 6.07) is 8.73. The van der Waals surface area contributed by atoms with E-state index in [2.05, 4.69) is 22.1 Å². The molecule has 1 aliphatic rings. The van der Waals surface area contributed by atoms with Crippen molar-refractivity contribution in [1.29, 1.82) is 0 Å². The van der Waals surface area contributed by atoms with Gasteiger partial charge in [0, 0.05) is 62.5 Å². The summed E-state index contributed by atoms with van der Waals surface area (Å²) >= 11 is 0. The predicted molar refractivity (Wildman–Crippen MR) is 130 cm³/mol. The molecule has 1 aromatic heterocycles. The number of hydrogen-bond acceptors (Lipinski definition) is 4. The molecule has 2 aromatic carbocycles. The van der Waals surface area contributed by atoms with Gasteiger partial charge in [-0.2, -0.15) is 0 Å². The average Bonchev–Trinajstić information content (AvgIpc) is 3.10. The zero-order valence-electron chi connectivity index (χ0n) is 19.7. The van der Waals surface area contributed by atoms with Crippen LogP contribution < -0.4 is 5.32 Å². The molecular formula is C26H33FN4O2. The molecule has 1 aliphatic heterocycles. The first kappa shape index (κ1) is 23.3. The molecule has 1 amide bonds. The van der Waals surface area contributed by atoms with E-state index in [1.165, 1.54) is 12.1 Å². The summed E-state index contributed by atoms with van der Waals surface area (Å²) < 4.78 is 13.5. The molecule has 0 atom stereocenters. The SMILES string of the molecule is Cc1cc(F)ccc1CNc1cc(C(=O)N2CCN(CCCO)CC2)cc2c(C)c(C)[nH]c12. The van der Waals surface area contributed by atoms with Crippen molar-refractivity contribution in [2.75, 3.05) is 44.6 Å². The Kier molecular flexibility index (Phi) is 7.00. The number of carbonyl (C=O) groups is 1. The van der Waals surface area contributed by atoms with Gasteiger partial charge in [0.15, 0.2) is 0 Å². The molecule has 0 unspecified atom stereocenters. The lowest BCUT2D eigenvalue weighted by Crippen LogP contribution is -2.48. The molecule has 2 heterocycles. The first-order valence-corrected chi connectivity index (χ1v) is 11.6. The maximum Gasteiger partial charge on any atom is 0.254 e. The van der Waals surface area contributed by atoms with Gasteiger partial charge in [0.2, 0.25) is 0 Å². The van der Waals surface area contributed by atoms with Crippen LogP contribution in [0.15, 0.2) is 30.3 Å². The number of H-pyrrole nitrogens is 1. The Morgan fingerprint density at radius 3 is 2.58 bits per heavy atom. The summed E-state index contributed by atoms with van der Waals surface area (Å²) in [4.78, 5) is 21.0. The fourth-order valence-corrected chi connectivity index (χ4v) is 4.52. The number of fused-ring (bicyclic) bond motifs is 1. The molecular weight excluding hydrogens is 419 g/mol. The number of hydrogen-bond donors (Lipinski definition) is 3. The summed E-state index contributed by atoms with van der Waals surface area (Å²) in [5, 5.41) is 13.6. The third-order valence-corrected chi connectivity index (χ3v) is 6.73. The Balaban J connectivity index is 1.57. The molecule has 1 saturated heterocycles. The normalized spacial score (nSPS) is 14.8. The summed E-state index contributed by atoms with van der Waals surface area (Å²) in [6.45, 7) is 10.6. The third-order valence-electron chi connectivity index (χ3n) is 6.73. The molecule has 7 heteroatoms. The summed E-state index contributed by atoms with van der Waals surface area (Å²) in [5.41, 5.74) is 6.64. The van der Waals surface area contributed by atoms with Gasteiger partial charge in [0.1, 0.15) is 5.82 Å². The Morgan fingerprint density at radius 2 is 1.88 bits per heavy atom. The first-order chi connectivity index (χ1) is 15.9. The standard InChI is InChI=1S/C26H33FN4O2/c1-17-13-22(27)6-5-20(17)16-28-24-15-21(14-23-18(2)19(3)29-25(23)24)26(33)31-10-8-30(9-11-31)7-4-12-32/h5-6,13-15,28-29,32H,4,7-12,16H2,1-3H3. The van der Waals surface area contributed by atoms with Gasteiger partial charge in [-0.05, 0) is 68.1 Å². The Bertz CT molecular complexity index is 1150. The van der Waals surface area contributed by atoms with E-state index >= 15 is 0 Å². The highest BCUT2D eigenvalue weighted by Gasteiger charge is 2.23. The van der Waals surface area contributed by atoms with Gasteiger partial charge >= 0.3 is 0 Å². The van der Waals surface area contributed by atoms with Crippen molar-refractivity contribution in [3.05, 3.63) is 64.1 Å². The molecule has 0 saturated carbocycles. The minimum atomic E-state index is -0.238. The van der Waals surface area contributed by atoms with Crippen LogP contribution >= 0.6 is 0 Å². The van der Waals surface area contributed by atoms with Crippen LogP contribution in [-0.4, -0.2) is 65.1 Å². The van der Waals surface area contributed by atoms with Gasteiger partial charge in [-0.15, -0.1) is 0 Å². The zero-order chi connectivity index (χ0) is 23.5. The monoisotopic (exact) mass is 452 g/mol. The second-order valence-electron chi connectivity index (χ2n) is 8.96. The maximum absolute atomic E-state index is 13.5. The molecule has 176 valence electrons. The summed E-state index contributed by atoms with van der Waals surface area (Å²) in [6.07, 6.45) is 0.763. The van der Waals surface area contributed by atoms with E-state index in [0.717, 1.165) is 65.0 Å². The highest BCUT2D eigenvalue weighted by molar-refractivity contribution is 6.03. The number of aliphatic hydroxyl groups excluding tert-OH is 1. The molecule has 3 N–H and O–H groups in total. The molecule has 4 rings (SSSR count). The van der Waals surface area contributed by atoms with E-state index < -0.39 is 0 Å². The van der Waals surface area contributed by atoms with Crippen molar-refractivity contribution >= 4 is 22.5 Å². The smallest absolute Gasteiger partial charge is 0.254 e. The number of piperazine rings is 1. The number of amides is 1. The van der Waals surface area contributed by atoms with Crippen molar-refractivity contribution in [3.63, 3.8) is 0 Å². The quantitative estimate of drug-likeness (QED) is 0.507. The van der Waals surface area contributed by atoms with Gasteiger partial charge in [0.25, 0.3) is 5.91 Å². The van der Waals surface area contributed by atoms with E-state index in [4.69, 9.17) is 5.11 Å². The summed E-state index contributed by atoms with van der Waals surface area (Å²) in [7, 11) is 0. The topological polar surface area (TPSA) is 71.6 Å². The average molecular weight is 453 g/mol. The van der Waals surface area contributed by atoms with Crippen LogP contribution in [0.5, 0.6) is 0 Å². The van der Waals surface area contributed by atoms with Crippen molar-refractivity contribution in [2.24, 2.45) is 0 Å². The third kappa shape index (κ3) is 5.04. The van der Waals surface area contributed by atoms with Gasteiger partial charge in [-0.1, -0.05) is 6.07 Å². The lowest BCUT2D eigenvalue weighted by molar-refractivity contribution is 0.0629. The molecule has 33 heavy (non-hydrogen) atoms. The largest absolute Gasteiger partial charge is 0.396 e. The van der Waals surface area contributed by atoms with Gasteiger partial charge < -0.3 is 20.3 Å². The first-order valence-electron chi connectivity index (χ1n) is 11.6. The molecule has 0 spiro atoms. The highest BCUT2D eigenvalue weighted by Crippen LogP contribution is 2.31.